The van der Waals surface area contributed by atoms with E-state index in [-0.39, 0.29) is 4.90 Å². The van der Waals surface area contributed by atoms with Gasteiger partial charge in [-0.2, -0.15) is 13.5 Å². The minimum absolute atomic E-state index is 0.166. The molecule has 0 aliphatic carbocycles. The lowest BCUT2D eigenvalue weighted by molar-refractivity contribution is 0.306. The fourth-order valence-corrected chi connectivity index (χ4v) is 3.18. The highest BCUT2D eigenvalue weighted by Gasteiger charge is 2.12. The lowest BCUT2D eigenvalue weighted by atomic mass is 10.2. The standard InChI is InChI=1S/C21H20N2O3S/c1-17-11-13-20(14-12-17)27(24,25)23-22-15-19-9-5-6-10-21(19)26-16-18-7-3-2-4-8-18/h2-15,23H,16H2,1H3. The molecule has 0 heterocycles. The first-order chi connectivity index (χ1) is 13.0. The quantitative estimate of drug-likeness (QED) is 0.499. The number of aryl methyl sites for hydroxylation is 1. The summed E-state index contributed by atoms with van der Waals surface area (Å²) in [5, 5.41) is 3.88. The molecule has 0 amide bonds. The Hall–Kier alpha value is -3.12. The van der Waals surface area contributed by atoms with Crippen molar-refractivity contribution < 1.29 is 13.2 Å². The molecule has 3 aromatic carbocycles. The Morgan fingerprint density at radius 1 is 0.926 bits per heavy atom. The summed E-state index contributed by atoms with van der Waals surface area (Å²) in [5.74, 6) is 0.625. The van der Waals surface area contributed by atoms with Gasteiger partial charge in [0.05, 0.1) is 11.1 Å². The molecule has 0 atom stereocenters. The molecular formula is C21H20N2O3S. The van der Waals surface area contributed by atoms with E-state index in [4.69, 9.17) is 4.74 Å². The molecule has 3 aromatic rings. The van der Waals surface area contributed by atoms with E-state index < -0.39 is 10.0 Å². The van der Waals surface area contributed by atoms with Crippen LogP contribution in [0.2, 0.25) is 0 Å². The first-order valence-corrected chi connectivity index (χ1v) is 9.90. The Bertz CT molecular complexity index is 1010. The van der Waals surface area contributed by atoms with Crippen molar-refractivity contribution in [2.45, 2.75) is 18.4 Å². The molecule has 0 fully saturated rings. The van der Waals surface area contributed by atoms with Gasteiger partial charge in [-0.05, 0) is 36.8 Å². The second-order valence-electron chi connectivity index (χ2n) is 5.98. The normalized spacial score (nSPS) is 11.4. The van der Waals surface area contributed by atoms with Crippen molar-refractivity contribution in [2.75, 3.05) is 0 Å². The van der Waals surface area contributed by atoms with Gasteiger partial charge >= 0.3 is 0 Å². The number of para-hydroxylation sites is 1. The molecule has 5 nitrogen and oxygen atoms in total. The topological polar surface area (TPSA) is 67.8 Å². The Kier molecular flexibility index (Phi) is 5.88. The number of nitrogens with zero attached hydrogens (tertiary/aromatic N) is 1. The molecule has 6 heteroatoms. The maximum absolute atomic E-state index is 12.3. The molecule has 0 unspecified atom stereocenters. The van der Waals surface area contributed by atoms with E-state index >= 15 is 0 Å². The monoisotopic (exact) mass is 380 g/mol. The highest BCUT2D eigenvalue weighted by atomic mass is 32.2. The number of ether oxygens (including phenoxy) is 1. The number of rotatable bonds is 7. The van der Waals surface area contributed by atoms with Crippen LogP contribution in [0.25, 0.3) is 0 Å². The summed E-state index contributed by atoms with van der Waals surface area (Å²) in [5.41, 5.74) is 2.71. The molecule has 0 spiro atoms. The van der Waals surface area contributed by atoms with Crippen LogP contribution in [0, 0.1) is 6.92 Å². The summed E-state index contributed by atoms with van der Waals surface area (Å²) in [6, 6.07) is 23.7. The lowest BCUT2D eigenvalue weighted by Crippen LogP contribution is -2.18. The molecule has 0 bridgehead atoms. The maximum atomic E-state index is 12.3. The van der Waals surface area contributed by atoms with E-state index in [0.29, 0.717) is 17.9 Å². The van der Waals surface area contributed by atoms with Crippen molar-refractivity contribution in [3.8, 4) is 5.75 Å². The summed E-state index contributed by atoms with van der Waals surface area (Å²) < 4.78 is 30.4. The molecule has 27 heavy (non-hydrogen) atoms. The van der Waals surface area contributed by atoms with Crippen LogP contribution in [0.1, 0.15) is 16.7 Å². The fourth-order valence-electron chi connectivity index (χ4n) is 2.39. The smallest absolute Gasteiger partial charge is 0.276 e. The van der Waals surface area contributed by atoms with Crippen molar-refractivity contribution in [3.05, 3.63) is 95.6 Å². The highest BCUT2D eigenvalue weighted by Crippen LogP contribution is 2.18. The minimum Gasteiger partial charge on any atom is -0.488 e. The molecule has 0 aliphatic heterocycles. The van der Waals surface area contributed by atoms with Crippen molar-refractivity contribution >= 4 is 16.2 Å². The third-order valence-electron chi connectivity index (χ3n) is 3.86. The van der Waals surface area contributed by atoms with Crippen molar-refractivity contribution in [3.63, 3.8) is 0 Å². The third kappa shape index (κ3) is 5.18. The number of sulfonamides is 1. The van der Waals surface area contributed by atoms with Crippen LogP contribution in [0.4, 0.5) is 0 Å². The van der Waals surface area contributed by atoms with Gasteiger partial charge in [0.1, 0.15) is 12.4 Å². The number of hydrazone groups is 1. The van der Waals surface area contributed by atoms with Crippen LogP contribution in [0.3, 0.4) is 0 Å². The second kappa shape index (κ2) is 8.51. The van der Waals surface area contributed by atoms with Gasteiger partial charge in [-0.25, -0.2) is 4.83 Å². The largest absolute Gasteiger partial charge is 0.488 e. The third-order valence-corrected chi connectivity index (χ3v) is 5.10. The van der Waals surface area contributed by atoms with E-state index in [1.807, 2.05) is 61.5 Å². The average molecular weight is 380 g/mol. The number of benzene rings is 3. The van der Waals surface area contributed by atoms with Gasteiger partial charge in [0.15, 0.2) is 0 Å². The summed E-state index contributed by atoms with van der Waals surface area (Å²) in [6.45, 7) is 2.31. The predicted molar refractivity (Wildman–Crippen MR) is 106 cm³/mol. The number of hydrogen-bond donors (Lipinski definition) is 1. The van der Waals surface area contributed by atoms with Crippen molar-refractivity contribution in [1.82, 2.24) is 4.83 Å². The van der Waals surface area contributed by atoms with Crippen LogP contribution < -0.4 is 9.57 Å². The van der Waals surface area contributed by atoms with E-state index in [2.05, 4.69) is 9.93 Å². The Morgan fingerprint density at radius 3 is 2.33 bits per heavy atom. The van der Waals surface area contributed by atoms with Crippen LogP contribution in [0.5, 0.6) is 5.75 Å². The highest BCUT2D eigenvalue weighted by molar-refractivity contribution is 7.89. The van der Waals surface area contributed by atoms with Crippen LogP contribution in [-0.4, -0.2) is 14.6 Å². The predicted octanol–water partition coefficient (Wildman–Crippen LogP) is 3.89. The van der Waals surface area contributed by atoms with Crippen LogP contribution >= 0.6 is 0 Å². The van der Waals surface area contributed by atoms with Gasteiger partial charge in [0.2, 0.25) is 0 Å². The molecule has 0 saturated heterocycles. The number of hydrogen-bond acceptors (Lipinski definition) is 4. The van der Waals surface area contributed by atoms with E-state index in [1.165, 1.54) is 6.21 Å². The molecule has 138 valence electrons. The minimum atomic E-state index is -3.70. The van der Waals surface area contributed by atoms with Crippen molar-refractivity contribution in [1.29, 1.82) is 0 Å². The first-order valence-electron chi connectivity index (χ1n) is 8.42. The molecule has 1 N–H and O–H groups in total. The van der Waals surface area contributed by atoms with Crippen LogP contribution in [-0.2, 0) is 16.6 Å². The first kappa shape index (κ1) is 18.7. The maximum Gasteiger partial charge on any atom is 0.276 e. The molecule has 0 saturated carbocycles. The summed E-state index contributed by atoms with van der Waals surface area (Å²) in [6.07, 6.45) is 1.44. The van der Waals surface area contributed by atoms with Gasteiger partial charge in [-0.15, -0.1) is 0 Å². The second-order valence-corrected chi connectivity index (χ2v) is 7.64. The van der Waals surface area contributed by atoms with Gasteiger partial charge in [-0.3, -0.25) is 0 Å². The SMILES string of the molecule is Cc1ccc(S(=O)(=O)NN=Cc2ccccc2OCc2ccccc2)cc1. The van der Waals surface area contributed by atoms with Gasteiger partial charge in [0, 0.05) is 5.56 Å². The summed E-state index contributed by atoms with van der Waals surface area (Å²) >= 11 is 0. The van der Waals surface area contributed by atoms with E-state index in [9.17, 15) is 8.42 Å². The fraction of sp³-hybridized carbons (Fsp3) is 0.0952. The van der Waals surface area contributed by atoms with Gasteiger partial charge in [0.25, 0.3) is 10.0 Å². The Balaban J connectivity index is 1.69. The molecule has 3 rings (SSSR count). The number of nitrogens with one attached hydrogen (secondary N) is 1. The van der Waals surface area contributed by atoms with Gasteiger partial charge < -0.3 is 4.74 Å². The molecule has 0 aliphatic rings. The summed E-state index contributed by atoms with van der Waals surface area (Å²) in [7, 11) is -3.70. The Morgan fingerprint density at radius 2 is 1.59 bits per heavy atom. The lowest BCUT2D eigenvalue weighted by Gasteiger charge is -2.09. The average Bonchev–Trinajstić information content (AvgIpc) is 2.68. The van der Waals surface area contributed by atoms with E-state index in [0.717, 1.165) is 11.1 Å². The van der Waals surface area contributed by atoms with Gasteiger partial charge in [-0.1, -0.05) is 60.2 Å². The zero-order valence-electron chi connectivity index (χ0n) is 14.9. The van der Waals surface area contributed by atoms with Crippen LogP contribution in [0.15, 0.2) is 88.9 Å². The zero-order chi connectivity index (χ0) is 19.1. The molecule has 0 aromatic heterocycles. The zero-order valence-corrected chi connectivity index (χ0v) is 15.7. The van der Waals surface area contributed by atoms with Crippen molar-refractivity contribution in [2.24, 2.45) is 5.10 Å². The molecule has 0 radical (unpaired) electrons. The Labute approximate surface area is 159 Å². The summed E-state index contributed by atoms with van der Waals surface area (Å²) in [4.78, 5) is 2.40. The molecular weight excluding hydrogens is 360 g/mol. The van der Waals surface area contributed by atoms with E-state index in [1.54, 1.807) is 24.3 Å².